The molecule has 2 aromatic carbocycles. The Bertz CT molecular complexity index is 827. The average molecular weight is 408 g/mol. The third-order valence-corrected chi connectivity index (χ3v) is 3.87. The molecule has 5 N–H and O–H groups in total. The van der Waals surface area contributed by atoms with E-state index in [0.717, 1.165) is 37.6 Å². The number of benzene rings is 2. The van der Waals surface area contributed by atoms with Crippen molar-refractivity contribution >= 4 is 17.5 Å². The lowest BCUT2D eigenvalue weighted by molar-refractivity contribution is 0.215. The molecule has 1 aliphatic rings. The Labute approximate surface area is 177 Å². The van der Waals surface area contributed by atoms with E-state index in [1.54, 1.807) is 36.5 Å². The van der Waals surface area contributed by atoms with E-state index < -0.39 is 6.09 Å². The number of rotatable bonds is 2. The lowest BCUT2D eigenvalue weighted by Crippen LogP contribution is -2.39. The quantitative estimate of drug-likeness (QED) is 0.486. The predicted molar refractivity (Wildman–Crippen MR) is 122 cm³/mol. The van der Waals surface area contributed by atoms with E-state index in [-0.39, 0.29) is 0 Å². The summed E-state index contributed by atoms with van der Waals surface area (Å²) in [6.45, 7) is 6.44. The molecule has 1 amide bonds. The number of anilines is 2. The molecule has 1 aliphatic heterocycles. The highest BCUT2D eigenvalue weighted by molar-refractivity contribution is 5.85. The van der Waals surface area contributed by atoms with Crippen LogP contribution in [0.2, 0.25) is 0 Å². The van der Waals surface area contributed by atoms with Crippen LogP contribution >= 0.6 is 0 Å². The van der Waals surface area contributed by atoms with Gasteiger partial charge in [0.1, 0.15) is 5.75 Å². The van der Waals surface area contributed by atoms with Crippen LogP contribution in [-0.2, 0) is 0 Å². The fourth-order valence-electron chi connectivity index (χ4n) is 2.34. The molecule has 4 rings (SSSR count). The zero-order valence-corrected chi connectivity index (χ0v) is 17.2. The molecule has 7 nitrogen and oxygen atoms in total. The topological polar surface area (TPSA) is 101 Å². The number of nitrogen functional groups attached to an aromatic ring is 1. The van der Waals surface area contributed by atoms with E-state index in [0.29, 0.717) is 11.4 Å². The van der Waals surface area contributed by atoms with Crippen molar-refractivity contribution in [3.8, 4) is 5.75 Å². The molecule has 0 unspecified atom stereocenters. The van der Waals surface area contributed by atoms with Crippen molar-refractivity contribution in [2.75, 3.05) is 37.2 Å². The zero-order valence-electron chi connectivity index (χ0n) is 17.2. The molecule has 1 aromatic heterocycles. The standard InChI is InChI=1S/C13H12N2O2.C6H7N.C4H10N2/c1-10-7-8-11(9-14-10)15-13(16)17-12-5-3-2-4-6-12;7-6-4-2-1-3-5-6;1-2-6-4-3-5-1/h2-9H,1H3,(H,15,16);1-5H,7H2;5-6H,1-4H2. The minimum Gasteiger partial charge on any atom is -0.410 e. The third-order valence-electron chi connectivity index (χ3n) is 3.87. The lowest BCUT2D eigenvalue weighted by Gasteiger charge is -2.11. The first-order chi connectivity index (χ1) is 14.6. The number of ether oxygens (including phenoxy) is 1. The monoisotopic (exact) mass is 407 g/mol. The number of pyridine rings is 1. The first-order valence-electron chi connectivity index (χ1n) is 9.82. The number of nitrogens with zero attached hydrogens (tertiary/aromatic N) is 1. The number of aromatic nitrogens is 1. The summed E-state index contributed by atoms with van der Waals surface area (Å²) in [6, 6.07) is 22.0. The van der Waals surface area contributed by atoms with Crippen molar-refractivity contribution in [3.05, 3.63) is 84.7 Å². The van der Waals surface area contributed by atoms with Gasteiger partial charge in [-0.2, -0.15) is 0 Å². The molecule has 3 aromatic rings. The number of nitrogens with one attached hydrogen (secondary N) is 3. The minimum absolute atomic E-state index is 0.505. The first kappa shape index (κ1) is 22.9. The normalized spacial score (nSPS) is 12.3. The van der Waals surface area contributed by atoms with Gasteiger partial charge in [0.15, 0.2) is 0 Å². The minimum atomic E-state index is -0.526. The first-order valence-corrected chi connectivity index (χ1v) is 9.82. The summed E-state index contributed by atoms with van der Waals surface area (Å²) in [6.07, 6.45) is 1.06. The Hall–Kier alpha value is -3.42. The van der Waals surface area contributed by atoms with Gasteiger partial charge in [0, 0.05) is 37.6 Å². The Kier molecular flexibility index (Phi) is 10.4. The number of carbonyl (C=O) groups is 1. The highest BCUT2D eigenvalue weighted by atomic mass is 16.6. The SMILES string of the molecule is C1CNCCN1.Cc1ccc(NC(=O)Oc2ccccc2)cn1.Nc1ccccc1. The van der Waals surface area contributed by atoms with Crippen molar-refractivity contribution in [1.82, 2.24) is 15.6 Å². The molecule has 0 spiro atoms. The van der Waals surface area contributed by atoms with Gasteiger partial charge >= 0.3 is 6.09 Å². The van der Waals surface area contributed by atoms with Gasteiger partial charge in [-0.3, -0.25) is 10.3 Å². The van der Waals surface area contributed by atoms with Gasteiger partial charge in [-0.1, -0.05) is 36.4 Å². The molecule has 0 atom stereocenters. The Morgan fingerprint density at radius 3 is 1.90 bits per heavy atom. The summed E-state index contributed by atoms with van der Waals surface area (Å²) in [5.41, 5.74) is 7.68. The highest BCUT2D eigenvalue weighted by Crippen LogP contribution is 2.11. The van der Waals surface area contributed by atoms with E-state index in [1.165, 1.54) is 0 Å². The van der Waals surface area contributed by atoms with Gasteiger partial charge in [-0.15, -0.1) is 0 Å². The molecule has 158 valence electrons. The molecule has 0 saturated carbocycles. The molecule has 30 heavy (non-hydrogen) atoms. The van der Waals surface area contributed by atoms with Gasteiger partial charge in [0.2, 0.25) is 0 Å². The Balaban J connectivity index is 0.000000200. The number of hydrogen-bond acceptors (Lipinski definition) is 6. The Morgan fingerprint density at radius 2 is 1.47 bits per heavy atom. The van der Waals surface area contributed by atoms with E-state index in [9.17, 15) is 4.79 Å². The second-order valence-electron chi connectivity index (χ2n) is 6.43. The molecular formula is C23H29N5O2. The van der Waals surface area contributed by atoms with Crippen LogP contribution in [0, 0.1) is 6.92 Å². The maximum absolute atomic E-state index is 11.5. The molecule has 2 heterocycles. The van der Waals surface area contributed by atoms with Crippen LogP contribution in [0.15, 0.2) is 79.0 Å². The Morgan fingerprint density at radius 1 is 0.900 bits per heavy atom. The number of hydrogen-bond donors (Lipinski definition) is 4. The van der Waals surface area contributed by atoms with Crippen molar-refractivity contribution in [2.45, 2.75) is 6.92 Å². The van der Waals surface area contributed by atoms with Gasteiger partial charge in [0.25, 0.3) is 0 Å². The second kappa shape index (κ2) is 13.7. The van der Waals surface area contributed by atoms with Crippen LogP contribution in [0.25, 0.3) is 0 Å². The number of aryl methyl sites for hydroxylation is 1. The van der Waals surface area contributed by atoms with Crippen LogP contribution in [-0.4, -0.2) is 37.3 Å². The molecule has 0 radical (unpaired) electrons. The van der Waals surface area contributed by atoms with Crippen molar-refractivity contribution in [1.29, 1.82) is 0 Å². The lowest BCUT2D eigenvalue weighted by atomic mass is 10.3. The molecule has 0 aliphatic carbocycles. The number of carbonyl (C=O) groups excluding carboxylic acids is 1. The number of nitrogens with two attached hydrogens (primary N) is 1. The number of piperazine rings is 1. The zero-order chi connectivity index (χ0) is 21.4. The van der Waals surface area contributed by atoms with Crippen LogP contribution in [0.1, 0.15) is 5.69 Å². The highest BCUT2D eigenvalue weighted by Gasteiger charge is 2.04. The molecular weight excluding hydrogens is 378 g/mol. The van der Waals surface area contributed by atoms with Crippen LogP contribution in [0.5, 0.6) is 5.75 Å². The van der Waals surface area contributed by atoms with E-state index in [4.69, 9.17) is 10.5 Å². The number of para-hydroxylation sites is 2. The fourth-order valence-corrected chi connectivity index (χ4v) is 2.34. The summed E-state index contributed by atoms with van der Waals surface area (Å²) in [4.78, 5) is 15.6. The maximum atomic E-state index is 11.5. The van der Waals surface area contributed by atoms with Gasteiger partial charge in [-0.25, -0.2) is 4.79 Å². The van der Waals surface area contributed by atoms with Crippen LogP contribution in [0.3, 0.4) is 0 Å². The van der Waals surface area contributed by atoms with Crippen LogP contribution < -0.4 is 26.4 Å². The molecule has 1 fully saturated rings. The maximum Gasteiger partial charge on any atom is 0.417 e. The largest absolute Gasteiger partial charge is 0.417 e. The van der Waals surface area contributed by atoms with E-state index in [2.05, 4.69) is 20.9 Å². The van der Waals surface area contributed by atoms with Crippen molar-refractivity contribution in [3.63, 3.8) is 0 Å². The predicted octanol–water partition coefficient (Wildman–Crippen LogP) is 3.45. The molecule has 1 saturated heterocycles. The molecule has 7 heteroatoms. The van der Waals surface area contributed by atoms with Gasteiger partial charge < -0.3 is 21.1 Å². The fraction of sp³-hybridized carbons (Fsp3) is 0.217. The summed E-state index contributed by atoms with van der Waals surface area (Å²) < 4.78 is 5.07. The average Bonchev–Trinajstić information content (AvgIpc) is 2.79. The van der Waals surface area contributed by atoms with Crippen molar-refractivity contribution < 1.29 is 9.53 Å². The molecule has 0 bridgehead atoms. The summed E-state index contributed by atoms with van der Waals surface area (Å²) >= 11 is 0. The van der Waals surface area contributed by atoms with Crippen LogP contribution in [0.4, 0.5) is 16.2 Å². The van der Waals surface area contributed by atoms with E-state index >= 15 is 0 Å². The third kappa shape index (κ3) is 10.2. The van der Waals surface area contributed by atoms with Crippen molar-refractivity contribution in [2.24, 2.45) is 0 Å². The van der Waals surface area contributed by atoms with Gasteiger partial charge in [0.05, 0.1) is 11.9 Å². The second-order valence-corrected chi connectivity index (χ2v) is 6.43. The van der Waals surface area contributed by atoms with Gasteiger partial charge in [-0.05, 0) is 43.3 Å². The summed E-state index contributed by atoms with van der Waals surface area (Å²) in [5, 5.41) is 9.04. The number of amides is 1. The summed E-state index contributed by atoms with van der Waals surface area (Å²) in [7, 11) is 0. The van der Waals surface area contributed by atoms with E-state index in [1.807, 2.05) is 49.4 Å². The smallest absolute Gasteiger partial charge is 0.410 e. The summed E-state index contributed by atoms with van der Waals surface area (Å²) in [5.74, 6) is 0.505.